The Morgan fingerprint density at radius 2 is 1.70 bits per heavy atom. The van der Waals surface area contributed by atoms with Crippen molar-refractivity contribution < 1.29 is 19.4 Å². The first-order valence-corrected chi connectivity index (χ1v) is 15.8. The molecule has 0 spiro atoms. The number of aromatic nitrogens is 3. The van der Waals surface area contributed by atoms with Crippen molar-refractivity contribution in [1.29, 1.82) is 0 Å². The molecule has 0 aliphatic carbocycles. The summed E-state index contributed by atoms with van der Waals surface area (Å²) in [7, 11) is 0. The van der Waals surface area contributed by atoms with E-state index in [1.54, 1.807) is 48.8 Å². The number of anilines is 1. The number of aryl methyl sites for hydroxylation is 1. The maximum absolute atomic E-state index is 13.5. The summed E-state index contributed by atoms with van der Waals surface area (Å²) < 4.78 is 6.57. The molecule has 5 aromatic rings. The molecule has 0 radical (unpaired) electrons. The van der Waals surface area contributed by atoms with Crippen molar-refractivity contribution >= 4 is 57.3 Å². The SMILES string of the molecule is Cc1ccccc1COc1ccc(C(O)=C2C(=O)C(=O)N(c3nnc(SCc4ccc(Cl)cc4)s3)C2c2ccncc2)cc1. The van der Waals surface area contributed by atoms with Crippen molar-refractivity contribution in [3.05, 3.63) is 136 Å². The fraction of sp³-hybridized carbons (Fsp3) is 0.121. The highest BCUT2D eigenvalue weighted by Gasteiger charge is 2.48. The minimum atomic E-state index is -0.919. The third kappa shape index (κ3) is 6.23. The topological polar surface area (TPSA) is 106 Å². The Kier molecular flexibility index (Phi) is 8.74. The highest BCUT2D eigenvalue weighted by atomic mass is 35.5. The number of nitrogens with zero attached hydrogens (tertiary/aromatic N) is 4. The smallest absolute Gasteiger partial charge is 0.301 e. The lowest BCUT2D eigenvalue weighted by atomic mass is 9.96. The van der Waals surface area contributed by atoms with Crippen LogP contribution in [0.2, 0.25) is 5.02 Å². The Morgan fingerprint density at radius 1 is 0.977 bits per heavy atom. The monoisotopic (exact) mass is 640 g/mol. The third-order valence-corrected chi connectivity index (χ3v) is 9.51. The third-order valence-electron chi connectivity index (χ3n) is 7.13. The molecule has 1 unspecified atom stereocenters. The van der Waals surface area contributed by atoms with Crippen LogP contribution in [0, 0.1) is 6.92 Å². The molecule has 1 amide bonds. The van der Waals surface area contributed by atoms with E-state index in [9.17, 15) is 14.7 Å². The van der Waals surface area contributed by atoms with E-state index in [-0.39, 0.29) is 16.5 Å². The summed E-state index contributed by atoms with van der Waals surface area (Å²) in [5.74, 6) is -0.664. The van der Waals surface area contributed by atoms with Crippen LogP contribution in [-0.4, -0.2) is 32.0 Å². The van der Waals surface area contributed by atoms with Gasteiger partial charge in [-0.1, -0.05) is 71.1 Å². The second-order valence-corrected chi connectivity index (χ2v) is 12.6. The van der Waals surface area contributed by atoms with E-state index in [2.05, 4.69) is 15.2 Å². The number of amides is 1. The number of hydrogen-bond donors (Lipinski definition) is 1. The fourth-order valence-corrected chi connectivity index (χ4v) is 6.72. The molecule has 1 atom stereocenters. The van der Waals surface area contributed by atoms with Crippen LogP contribution in [-0.2, 0) is 21.9 Å². The van der Waals surface area contributed by atoms with E-state index in [0.717, 1.165) is 16.7 Å². The Bertz CT molecular complexity index is 1840. The van der Waals surface area contributed by atoms with Gasteiger partial charge in [-0.25, -0.2) is 0 Å². The number of aliphatic hydroxyl groups is 1. The Labute approximate surface area is 267 Å². The van der Waals surface area contributed by atoms with Gasteiger partial charge in [0.15, 0.2) is 4.34 Å². The average Bonchev–Trinajstić information content (AvgIpc) is 3.62. The standard InChI is InChI=1S/C33H25ClN4O4S2/c1-20-4-2-3-5-24(20)18-42-26-12-8-23(9-13-26)29(39)27-28(22-14-16-35-17-15-22)38(31(41)30(27)40)32-36-37-33(44-32)43-19-21-6-10-25(34)11-7-21/h2-17,28,39H,18-19H2,1H3. The molecule has 11 heteroatoms. The van der Waals surface area contributed by atoms with Crippen LogP contribution in [0.4, 0.5) is 5.13 Å². The van der Waals surface area contributed by atoms with E-state index in [4.69, 9.17) is 16.3 Å². The molecule has 1 saturated heterocycles. The zero-order valence-electron chi connectivity index (χ0n) is 23.4. The lowest BCUT2D eigenvalue weighted by Gasteiger charge is -2.22. The molecular formula is C33H25ClN4O4S2. The van der Waals surface area contributed by atoms with Crippen LogP contribution in [0.25, 0.3) is 5.76 Å². The van der Waals surface area contributed by atoms with Crippen molar-refractivity contribution in [1.82, 2.24) is 15.2 Å². The van der Waals surface area contributed by atoms with Crippen molar-refractivity contribution in [3.8, 4) is 5.75 Å². The molecule has 6 rings (SSSR count). The van der Waals surface area contributed by atoms with Gasteiger partial charge >= 0.3 is 5.91 Å². The van der Waals surface area contributed by atoms with Gasteiger partial charge in [0.1, 0.15) is 18.1 Å². The van der Waals surface area contributed by atoms with Gasteiger partial charge in [-0.05, 0) is 77.7 Å². The number of carbonyl (C=O) groups excluding carboxylic acids is 2. The van der Waals surface area contributed by atoms with Gasteiger partial charge in [0, 0.05) is 28.7 Å². The summed E-state index contributed by atoms with van der Waals surface area (Å²) in [5.41, 5.74) is 4.19. The zero-order valence-corrected chi connectivity index (χ0v) is 25.8. The van der Waals surface area contributed by atoms with Gasteiger partial charge in [-0.15, -0.1) is 10.2 Å². The van der Waals surface area contributed by atoms with Crippen LogP contribution in [0.1, 0.15) is 33.9 Å². The summed E-state index contributed by atoms with van der Waals surface area (Å²) >= 11 is 8.66. The van der Waals surface area contributed by atoms with Gasteiger partial charge in [-0.3, -0.25) is 19.5 Å². The number of ketones is 1. The second kappa shape index (κ2) is 13.0. The maximum atomic E-state index is 13.5. The molecule has 1 fully saturated rings. The van der Waals surface area contributed by atoms with Gasteiger partial charge in [0.25, 0.3) is 5.78 Å². The number of benzene rings is 3. The first-order chi connectivity index (χ1) is 21.4. The molecule has 0 bridgehead atoms. The molecule has 44 heavy (non-hydrogen) atoms. The van der Waals surface area contributed by atoms with E-state index in [1.165, 1.54) is 28.0 Å². The summed E-state index contributed by atoms with van der Waals surface area (Å²) in [4.78, 5) is 32.3. The molecule has 3 aromatic carbocycles. The van der Waals surface area contributed by atoms with Crippen molar-refractivity contribution in [2.75, 3.05) is 4.90 Å². The predicted molar refractivity (Wildman–Crippen MR) is 172 cm³/mol. The second-order valence-electron chi connectivity index (χ2n) is 9.95. The van der Waals surface area contributed by atoms with Crippen LogP contribution in [0.3, 0.4) is 0 Å². The molecule has 1 aliphatic heterocycles. The number of pyridine rings is 1. The first kappa shape index (κ1) is 29.6. The fourth-order valence-electron chi connectivity index (χ4n) is 4.77. The Balaban J connectivity index is 1.28. The highest BCUT2D eigenvalue weighted by Crippen LogP contribution is 2.44. The summed E-state index contributed by atoms with van der Waals surface area (Å²) in [6.07, 6.45) is 3.15. The number of Topliss-reactive ketones (excluding diaryl/α,β-unsaturated/α-hetero) is 1. The number of rotatable bonds is 9. The van der Waals surface area contributed by atoms with E-state index in [0.29, 0.717) is 38.6 Å². The first-order valence-electron chi connectivity index (χ1n) is 13.6. The van der Waals surface area contributed by atoms with Crippen LogP contribution >= 0.6 is 34.7 Å². The summed E-state index contributed by atoms with van der Waals surface area (Å²) in [6, 6.07) is 24.7. The number of aliphatic hydroxyl groups excluding tert-OH is 1. The lowest BCUT2D eigenvalue weighted by molar-refractivity contribution is -0.132. The molecule has 2 aromatic heterocycles. The Morgan fingerprint density at radius 3 is 2.43 bits per heavy atom. The van der Waals surface area contributed by atoms with E-state index < -0.39 is 17.7 Å². The molecule has 1 N–H and O–H groups in total. The zero-order chi connectivity index (χ0) is 30.6. The van der Waals surface area contributed by atoms with Gasteiger partial charge < -0.3 is 9.84 Å². The molecule has 3 heterocycles. The maximum Gasteiger partial charge on any atom is 0.301 e. The van der Waals surface area contributed by atoms with Crippen molar-refractivity contribution in [2.45, 2.75) is 29.7 Å². The van der Waals surface area contributed by atoms with Crippen LogP contribution in [0.15, 0.2) is 107 Å². The van der Waals surface area contributed by atoms with Crippen molar-refractivity contribution in [2.24, 2.45) is 0 Å². The molecule has 1 aliphatic rings. The normalized spacial score (nSPS) is 16.0. The predicted octanol–water partition coefficient (Wildman–Crippen LogP) is 7.39. The quantitative estimate of drug-likeness (QED) is 0.0584. The molecule has 0 saturated carbocycles. The number of carbonyl (C=O) groups is 2. The largest absolute Gasteiger partial charge is 0.507 e. The molecule has 220 valence electrons. The van der Waals surface area contributed by atoms with Gasteiger partial charge in [0.05, 0.1) is 11.6 Å². The lowest BCUT2D eigenvalue weighted by Crippen LogP contribution is -2.29. The number of ether oxygens (including phenoxy) is 1. The number of hydrogen-bond acceptors (Lipinski definition) is 9. The van der Waals surface area contributed by atoms with Crippen LogP contribution in [0.5, 0.6) is 5.75 Å². The van der Waals surface area contributed by atoms with Gasteiger partial charge in [-0.2, -0.15) is 0 Å². The number of halogens is 1. The molecule has 8 nitrogen and oxygen atoms in total. The minimum Gasteiger partial charge on any atom is -0.507 e. The van der Waals surface area contributed by atoms with E-state index >= 15 is 0 Å². The highest BCUT2D eigenvalue weighted by molar-refractivity contribution is 8.00. The Hall–Kier alpha value is -4.51. The summed E-state index contributed by atoms with van der Waals surface area (Å²) in [6.45, 7) is 2.42. The van der Waals surface area contributed by atoms with E-state index in [1.807, 2.05) is 55.5 Å². The minimum absolute atomic E-state index is 0.0413. The average molecular weight is 641 g/mol. The van der Waals surface area contributed by atoms with Crippen LogP contribution < -0.4 is 9.64 Å². The number of thioether (sulfide) groups is 1. The van der Waals surface area contributed by atoms with Crippen molar-refractivity contribution in [3.63, 3.8) is 0 Å². The molecular weight excluding hydrogens is 616 g/mol. The summed E-state index contributed by atoms with van der Waals surface area (Å²) in [5, 5.41) is 20.9. The van der Waals surface area contributed by atoms with Gasteiger partial charge in [0.2, 0.25) is 5.13 Å².